The van der Waals surface area contributed by atoms with Crippen LogP contribution in [0.25, 0.3) is 16.9 Å². The molecule has 24 heavy (non-hydrogen) atoms. The van der Waals surface area contributed by atoms with E-state index in [0.29, 0.717) is 11.8 Å². The largest absolute Gasteiger partial charge is 0.476 e. The van der Waals surface area contributed by atoms with Gasteiger partial charge in [0.15, 0.2) is 5.65 Å². The molecular formula is C19H22N4O. The summed E-state index contributed by atoms with van der Waals surface area (Å²) < 4.78 is 7.83. The van der Waals surface area contributed by atoms with E-state index in [1.54, 1.807) is 0 Å². The number of fused-ring (bicyclic) bond motifs is 1. The highest BCUT2D eigenvalue weighted by Crippen LogP contribution is 2.22. The lowest BCUT2D eigenvalue weighted by Crippen LogP contribution is -2.34. The van der Waals surface area contributed by atoms with Crippen LogP contribution in [0.4, 0.5) is 0 Å². The summed E-state index contributed by atoms with van der Waals surface area (Å²) >= 11 is 0. The van der Waals surface area contributed by atoms with Gasteiger partial charge in [0.25, 0.3) is 0 Å². The van der Waals surface area contributed by atoms with Crippen molar-refractivity contribution in [3.8, 4) is 17.1 Å². The number of likely N-dealkylation sites (tertiary alicyclic amines) is 1. The summed E-state index contributed by atoms with van der Waals surface area (Å²) in [7, 11) is 2.17. The van der Waals surface area contributed by atoms with Crippen molar-refractivity contribution in [2.45, 2.75) is 12.8 Å². The molecule has 1 aliphatic heterocycles. The van der Waals surface area contributed by atoms with E-state index in [2.05, 4.69) is 34.2 Å². The maximum absolute atomic E-state index is 5.98. The molecule has 3 aromatic rings. The van der Waals surface area contributed by atoms with Crippen LogP contribution < -0.4 is 4.74 Å². The third-order valence-corrected chi connectivity index (χ3v) is 4.60. The lowest BCUT2D eigenvalue weighted by molar-refractivity contribution is 0.146. The lowest BCUT2D eigenvalue weighted by atomic mass is 10.00. The Bertz CT molecular complexity index is 815. The van der Waals surface area contributed by atoms with E-state index >= 15 is 0 Å². The molecule has 0 radical (unpaired) electrons. The first-order chi connectivity index (χ1) is 11.8. The average Bonchev–Trinajstić information content (AvgIpc) is 3.04. The molecule has 2 aromatic heterocycles. The molecule has 3 heterocycles. The topological polar surface area (TPSA) is 42.7 Å². The van der Waals surface area contributed by atoms with Crippen molar-refractivity contribution in [1.82, 2.24) is 19.5 Å². The first kappa shape index (κ1) is 15.1. The number of benzene rings is 1. The molecular weight excluding hydrogens is 300 g/mol. The van der Waals surface area contributed by atoms with Gasteiger partial charge in [0, 0.05) is 24.1 Å². The van der Waals surface area contributed by atoms with Crippen LogP contribution in [0, 0.1) is 5.92 Å². The van der Waals surface area contributed by atoms with Gasteiger partial charge in [-0.3, -0.25) is 0 Å². The van der Waals surface area contributed by atoms with E-state index in [9.17, 15) is 0 Å². The number of hydrogen-bond donors (Lipinski definition) is 0. The molecule has 124 valence electrons. The van der Waals surface area contributed by atoms with Crippen molar-refractivity contribution in [3.05, 3.63) is 48.7 Å². The lowest BCUT2D eigenvalue weighted by Gasteiger charge is -2.29. The van der Waals surface area contributed by atoms with Crippen LogP contribution in [0.15, 0.2) is 48.7 Å². The number of aromatic nitrogens is 3. The summed E-state index contributed by atoms with van der Waals surface area (Å²) in [6.45, 7) is 3.01. The molecule has 5 nitrogen and oxygen atoms in total. The molecule has 5 heteroatoms. The maximum Gasteiger partial charge on any atom is 0.231 e. The van der Waals surface area contributed by atoms with Gasteiger partial charge in [0.2, 0.25) is 5.88 Å². The Morgan fingerprint density at radius 2 is 2.04 bits per heavy atom. The summed E-state index contributed by atoms with van der Waals surface area (Å²) in [6, 6.07) is 14.1. The Morgan fingerprint density at radius 3 is 2.88 bits per heavy atom. The van der Waals surface area contributed by atoms with Gasteiger partial charge in [0.1, 0.15) is 0 Å². The Kier molecular flexibility index (Phi) is 4.17. The molecule has 0 amide bonds. The smallest absolute Gasteiger partial charge is 0.231 e. The Labute approximate surface area is 141 Å². The molecule has 4 rings (SSSR count). The number of rotatable bonds is 4. The van der Waals surface area contributed by atoms with Gasteiger partial charge in [-0.05, 0) is 32.5 Å². The third kappa shape index (κ3) is 3.12. The van der Waals surface area contributed by atoms with Crippen molar-refractivity contribution in [2.24, 2.45) is 5.92 Å². The van der Waals surface area contributed by atoms with Crippen molar-refractivity contribution < 1.29 is 4.74 Å². The van der Waals surface area contributed by atoms with Crippen molar-refractivity contribution in [2.75, 3.05) is 26.7 Å². The summed E-state index contributed by atoms with van der Waals surface area (Å²) in [5, 5.41) is 4.63. The first-order valence-corrected chi connectivity index (χ1v) is 8.51. The Hall–Kier alpha value is -2.40. The number of hydrogen-bond acceptors (Lipinski definition) is 4. The minimum absolute atomic E-state index is 0.581. The van der Waals surface area contributed by atoms with Crippen LogP contribution in [0.3, 0.4) is 0 Å². The van der Waals surface area contributed by atoms with Gasteiger partial charge in [-0.15, -0.1) is 5.10 Å². The maximum atomic E-state index is 5.98. The quantitative estimate of drug-likeness (QED) is 0.740. The normalized spacial score (nSPS) is 18.8. The molecule has 1 unspecified atom stereocenters. The molecule has 1 aromatic carbocycles. The molecule has 1 aliphatic rings. The van der Waals surface area contributed by atoms with Gasteiger partial charge in [0.05, 0.1) is 18.5 Å². The molecule has 0 bridgehead atoms. The summed E-state index contributed by atoms with van der Waals surface area (Å²) in [6.07, 6.45) is 4.33. The van der Waals surface area contributed by atoms with E-state index < -0.39 is 0 Å². The second-order valence-corrected chi connectivity index (χ2v) is 6.53. The summed E-state index contributed by atoms with van der Waals surface area (Å²) in [4.78, 5) is 6.81. The molecule has 1 atom stereocenters. The van der Waals surface area contributed by atoms with E-state index in [1.807, 2.05) is 41.0 Å². The molecule has 0 aliphatic carbocycles. The van der Waals surface area contributed by atoms with Crippen LogP contribution in [-0.4, -0.2) is 46.2 Å². The predicted molar refractivity (Wildman–Crippen MR) is 94.1 cm³/mol. The highest BCUT2D eigenvalue weighted by molar-refractivity contribution is 5.62. The second kappa shape index (κ2) is 6.61. The number of piperidine rings is 1. The van der Waals surface area contributed by atoms with Gasteiger partial charge >= 0.3 is 0 Å². The number of ether oxygens (including phenoxy) is 1. The first-order valence-electron chi connectivity index (χ1n) is 8.51. The van der Waals surface area contributed by atoms with Crippen LogP contribution in [0.5, 0.6) is 5.88 Å². The average molecular weight is 322 g/mol. The zero-order chi connectivity index (χ0) is 16.4. The fraction of sp³-hybridized carbons (Fsp3) is 0.368. The molecule has 1 fully saturated rings. The van der Waals surface area contributed by atoms with Crippen LogP contribution in [-0.2, 0) is 0 Å². The fourth-order valence-electron chi connectivity index (χ4n) is 3.35. The van der Waals surface area contributed by atoms with Gasteiger partial charge in [-0.1, -0.05) is 30.3 Å². The fourth-order valence-corrected chi connectivity index (χ4v) is 3.35. The van der Waals surface area contributed by atoms with Crippen molar-refractivity contribution >= 4 is 5.65 Å². The van der Waals surface area contributed by atoms with E-state index in [-0.39, 0.29) is 0 Å². The second-order valence-electron chi connectivity index (χ2n) is 6.53. The molecule has 0 spiro atoms. The molecule has 1 saturated heterocycles. The van der Waals surface area contributed by atoms with Gasteiger partial charge in [-0.25, -0.2) is 9.50 Å². The van der Waals surface area contributed by atoms with Crippen molar-refractivity contribution in [3.63, 3.8) is 0 Å². The van der Waals surface area contributed by atoms with Crippen LogP contribution in [0.2, 0.25) is 0 Å². The highest BCUT2D eigenvalue weighted by Gasteiger charge is 2.18. The Morgan fingerprint density at radius 1 is 1.17 bits per heavy atom. The summed E-state index contributed by atoms with van der Waals surface area (Å²) in [5.41, 5.74) is 2.91. The van der Waals surface area contributed by atoms with E-state index in [0.717, 1.165) is 30.1 Å². The Balaban J connectivity index is 1.54. The minimum Gasteiger partial charge on any atom is -0.476 e. The highest BCUT2D eigenvalue weighted by atomic mass is 16.5. The van der Waals surface area contributed by atoms with Gasteiger partial charge in [-0.2, -0.15) is 0 Å². The van der Waals surface area contributed by atoms with Crippen LogP contribution >= 0.6 is 0 Å². The molecule has 0 saturated carbocycles. The van der Waals surface area contributed by atoms with Gasteiger partial charge < -0.3 is 9.64 Å². The zero-order valence-corrected chi connectivity index (χ0v) is 13.9. The van der Waals surface area contributed by atoms with E-state index in [1.165, 1.54) is 19.4 Å². The third-order valence-electron chi connectivity index (χ3n) is 4.60. The van der Waals surface area contributed by atoms with Crippen LogP contribution in [0.1, 0.15) is 12.8 Å². The number of nitrogens with zero attached hydrogens (tertiary/aromatic N) is 4. The predicted octanol–water partition coefficient (Wildman–Crippen LogP) is 3.12. The minimum atomic E-state index is 0.581. The number of imidazole rings is 1. The summed E-state index contributed by atoms with van der Waals surface area (Å²) in [5.74, 6) is 1.24. The van der Waals surface area contributed by atoms with Crippen molar-refractivity contribution in [1.29, 1.82) is 0 Å². The standard InChI is InChI=1S/C19H22N4O/c1-22-11-5-6-15(13-22)14-24-19-10-9-18-20-12-17(23(18)21-19)16-7-3-2-4-8-16/h2-4,7-10,12,15H,5-6,11,13-14H2,1H3. The van der Waals surface area contributed by atoms with E-state index in [4.69, 9.17) is 4.74 Å². The monoisotopic (exact) mass is 322 g/mol. The zero-order valence-electron chi connectivity index (χ0n) is 13.9. The SMILES string of the molecule is CN1CCCC(COc2ccc3ncc(-c4ccccc4)n3n2)C1. The molecule has 0 N–H and O–H groups in total.